The van der Waals surface area contributed by atoms with Gasteiger partial charge >= 0.3 is 0 Å². The second-order valence-electron chi connectivity index (χ2n) is 12.5. The van der Waals surface area contributed by atoms with E-state index in [0.29, 0.717) is 0 Å². The third kappa shape index (κ3) is 4.44. The van der Waals surface area contributed by atoms with Gasteiger partial charge in [-0.3, -0.25) is 0 Å². The normalized spacial score (nSPS) is 11.7. The highest BCUT2D eigenvalue weighted by molar-refractivity contribution is 6.16. The van der Waals surface area contributed by atoms with Crippen molar-refractivity contribution in [1.29, 1.82) is 0 Å². The van der Waals surface area contributed by atoms with E-state index < -0.39 is 0 Å². The number of para-hydroxylation sites is 2. The summed E-state index contributed by atoms with van der Waals surface area (Å²) in [6, 6.07) is 61.9. The average molecular weight is 628 g/mol. The Kier molecular flexibility index (Phi) is 6.18. The minimum Gasteiger partial charge on any atom is -0.456 e. The van der Waals surface area contributed by atoms with Crippen molar-refractivity contribution >= 4 is 71.7 Å². The summed E-state index contributed by atoms with van der Waals surface area (Å²) >= 11 is 0. The Balaban J connectivity index is 1.20. The maximum absolute atomic E-state index is 6.68. The highest BCUT2D eigenvalue weighted by Crippen LogP contribution is 2.46. The Morgan fingerprint density at radius 3 is 1.90 bits per heavy atom. The van der Waals surface area contributed by atoms with Crippen LogP contribution in [0.2, 0.25) is 0 Å². The molecular formula is C46H29NO2. The van der Waals surface area contributed by atoms with Crippen molar-refractivity contribution < 1.29 is 8.83 Å². The monoisotopic (exact) mass is 627 g/mol. The zero-order valence-electron chi connectivity index (χ0n) is 26.5. The minimum absolute atomic E-state index is 0.845. The molecule has 0 aliphatic rings. The summed E-state index contributed by atoms with van der Waals surface area (Å²) in [7, 11) is 0. The lowest BCUT2D eigenvalue weighted by Gasteiger charge is -2.26. The fraction of sp³-hybridized carbons (Fsp3) is 0. The number of hydrogen-bond acceptors (Lipinski definition) is 3. The van der Waals surface area contributed by atoms with Crippen LogP contribution in [-0.2, 0) is 0 Å². The van der Waals surface area contributed by atoms with Gasteiger partial charge in [-0.1, -0.05) is 127 Å². The zero-order valence-corrected chi connectivity index (χ0v) is 26.5. The van der Waals surface area contributed by atoms with E-state index in [1.807, 2.05) is 18.2 Å². The van der Waals surface area contributed by atoms with E-state index in [2.05, 4.69) is 163 Å². The van der Waals surface area contributed by atoms with Gasteiger partial charge in [-0.25, -0.2) is 0 Å². The van der Waals surface area contributed by atoms with E-state index in [0.717, 1.165) is 72.1 Å². The molecule has 0 fully saturated rings. The summed E-state index contributed by atoms with van der Waals surface area (Å²) < 4.78 is 13.1. The lowest BCUT2D eigenvalue weighted by Crippen LogP contribution is -2.10. The van der Waals surface area contributed by atoms with Gasteiger partial charge in [0.25, 0.3) is 0 Å². The fourth-order valence-corrected chi connectivity index (χ4v) is 7.41. The maximum Gasteiger partial charge on any atom is 0.143 e. The average Bonchev–Trinajstić information content (AvgIpc) is 3.74. The first-order valence-electron chi connectivity index (χ1n) is 16.6. The first kappa shape index (κ1) is 27.5. The summed E-state index contributed by atoms with van der Waals surface area (Å²) in [6.45, 7) is 0. The summed E-state index contributed by atoms with van der Waals surface area (Å²) in [5.41, 5.74) is 11.2. The molecule has 0 aliphatic carbocycles. The number of nitrogens with zero attached hydrogens (tertiary/aromatic N) is 1. The second-order valence-corrected chi connectivity index (χ2v) is 12.5. The number of benzene rings is 8. The van der Waals surface area contributed by atoms with Crippen molar-refractivity contribution in [1.82, 2.24) is 0 Å². The number of furan rings is 2. The lowest BCUT2D eigenvalue weighted by atomic mass is 9.98. The minimum atomic E-state index is 0.845. The van der Waals surface area contributed by atoms with E-state index >= 15 is 0 Å². The van der Waals surface area contributed by atoms with Crippen LogP contribution in [0.25, 0.3) is 76.9 Å². The molecule has 0 aliphatic heterocycles. The Labute approximate surface area is 282 Å². The van der Waals surface area contributed by atoms with E-state index in [9.17, 15) is 0 Å². The molecule has 0 saturated carbocycles. The number of anilines is 3. The van der Waals surface area contributed by atoms with Gasteiger partial charge in [0.1, 0.15) is 22.3 Å². The Morgan fingerprint density at radius 2 is 1.00 bits per heavy atom. The van der Waals surface area contributed by atoms with Crippen molar-refractivity contribution in [3.8, 4) is 22.3 Å². The molecule has 0 N–H and O–H groups in total. The van der Waals surface area contributed by atoms with Crippen molar-refractivity contribution in [3.63, 3.8) is 0 Å². The molecule has 230 valence electrons. The number of rotatable bonds is 5. The largest absolute Gasteiger partial charge is 0.456 e. The molecule has 0 saturated heterocycles. The molecule has 8 aromatic carbocycles. The van der Waals surface area contributed by atoms with Crippen LogP contribution < -0.4 is 4.90 Å². The number of hydrogen-bond donors (Lipinski definition) is 0. The van der Waals surface area contributed by atoms with Gasteiger partial charge in [-0.05, 0) is 69.9 Å². The van der Waals surface area contributed by atoms with Gasteiger partial charge in [0.05, 0.1) is 11.1 Å². The smallest absolute Gasteiger partial charge is 0.143 e. The molecule has 0 radical (unpaired) electrons. The fourth-order valence-electron chi connectivity index (χ4n) is 7.41. The SMILES string of the molecule is c1ccc(-c2cccc3c2oc2cccc(N(c4ccc(-c5cccc6ccccc56)cc4)c4ccc5c(c4)oc4ccccc45)c23)cc1. The molecule has 2 heterocycles. The lowest BCUT2D eigenvalue weighted by molar-refractivity contribution is 0.669. The quantitative estimate of drug-likeness (QED) is 0.190. The first-order chi connectivity index (χ1) is 24.3. The van der Waals surface area contributed by atoms with Crippen LogP contribution in [0.5, 0.6) is 0 Å². The molecule has 0 amide bonds. The van der Waals surface area contributed by atoms with Crippen molar-refractivity contribution in [3.05, 3.63) is 176 Å². The van der Waals surface area contributed by atoms with Crippen molar-refractivity contribution in [2.75, 3.05) is 4.90 Å². The summed E-state index contributed by atoms with van der Waals surface area (Å²) in [5, 5.41) is 6.84. The van der Waals surface area contributed by atoms with Gasteiger partial charge in [-0.15, -0.1) is 0 Å². The van der Waals surface area contributed by atoms with Gasteiger partial charge in [0.15, 0.2) is 0 Å². The molecule has 3 nitrogen and oxygen atoms in total. The van der Waals surface area contributed by atoms with Crippen molar-refractivity contribution in [2.45, 2.75) is 0 Å². The van der Waals surface area contributed by atoms with Gasteiger partial charge < -0.3 is 13.7 Å². The second kappa shape index (κ2) is 11.0. The molecular weight excluding hydrogens is 599 g/mol. The number of fused-ring (bicyclic) bond motifs is 7. The standard InChI is InChI=1S/C46H29NO2/c1-2-11-31(12-3-1)37-18-9-19-40-45-41(20-10-22-43(45)49-46(37)40)47(34-27-28-39-38-16-6-7-21-42(38)48-44(39)29-34)33-25-23-32(24-26-33)36-17-8-14-30-13-4-5-15-35(30)36/h1-29H. The van der Waals surface area contributed by atoms with E-state index in [1.165, 1.54) is 21.9 Å². The molecule has 2 aromatic heterocycles. The first-order valence-corrected chi connectivity index (χ1v) is 16.6. The van der Waals surface area contributed by atoms with E-state index in [1.54, 1.807) is 0 Å². The predicted octanol–water partition coefficient (Wildman–Crippen LogP) is 13.4. The van der Waals surface area contributed by atoms with Crippen LogP contribution in [0, 0.1) is 0 Å². The Morgan fingerprint density at radius 1 is 0.367 bits per heavy atom. The Bertz CT molecular complexity index is 2820. The van der Waals surface area contributed by atoms with E-state index in [-0.39, 0.29) is 0 Å². The summed E-state index contributed by atoms with van der Waals surface area (Å²) in [5.74, 6) is 0. The van der Waals surface area contributed by atoms with Gasteiger partial charge in [-0.2, -0.15) is 0 Å². The zero-order chi connectivity index (χ0) is 32.3. The van der Waals surface area contributed by atoms with Gasteiger partial charge in [0, 0.05) is 39.2 Å². The Hall–Kier alpha value is -6.58. The van der Waals surface area contributed by atoms with Crippen LogP contribution in [0.4, 0.5) is 17.1 Å². The molecule has 0 atom stereocenters. The van der Waals surface area contributed by atoms with Crippen molar-refractivity contribution in [2.24, 2.45) is 0 Å². The van der Waals surface area contributed by atoms with Crippen LogP contribution in [0.15, 0.2) is 185 Å². The molecule has 49 heavy (non-hydrogen) atoms. The highest BCUT2D eigenvalue weighted by atomic mass is 16.3. The van der Waals surface area contributed by atoms with Crippen LogP contribution >= 0.6 is 0 Å². The summed E-state index contributed by atoms with van der Waals surface area (Å²) in [6.07, 6.45) is 0. The highest BCUT2D eigenvalue weighted by Gasteiger charge is 2.22. The van der Waals surface area contributed by atoms with Crippen LogP contribution in [-0.4, -0.2) is 0 Å². The summed E-state index contributed by atoms with van der Waals surface area (Å²) in [4.78, 5) is 2.33. The maximum atomic E-state index is 6.68. The third-order valence-corrected chi connectivity index (χ3v) is 9.67. The molecule has 0 bridgehead atoms. The van der Waals surface area contributed by atoms with Gasteiger partial charge in [0.2, 0.25) is 0 Å². The van der Waals surface area contributed by atoms with E-state index in [4.69, 9.17) is 8.83 Å². The van der Waals surface area contributed by atoms with Crippen LogP contribution in [0.1, 0.15) is 0 Å². The molecule has 3 heteroatoms. The van der Waals surface area contributed by atoms with Crippen LogP contribution in [0.3, 0.4) is 0 Å². The molecule has 10 rings (SSSR count). The third-order valence-electron chi connectivity index (χ3n) is 9.67. The molecule has 10 aromatic rings. The molecule has 0 spiro atoms. The molecule has 0 unspecified atom stereocenters. The topological polar surface area (TPSA) is 29.5 Å². The predicted molar refractivity (Wildman–Crippen MR) is 204 cm³/mol.